The SMILES string of the molecule is C=C(CC[C@@H](C)[C@H]1CC[C@@]2(C)C3=C(CC[C@]12C)[C@@]1(C)CCC[C@@H](C)[C@@H]1CC3)C(C)C. The van der Waals surface area contributed by atoms with Crippen molar-refractivity contribution < 1.29 is 0 Å². The molecule has 2 saturated carbocycles. The fraction of sp³-hybridized carbons (Fsp3) is 0.867. The molecule has 0 unspecified atom stereocenters. The van der Waals surface area contributed by atoms with Crippen LogP contribution in [-0.2, 0) is 0 Å². The number of fused-ring (bicyclic) bond motifs is 4. The summed E-state index contributed by atoms with van der Waals surface area (Å²) in [6.07, 6.45) is 15.6. The first-order valence-corrected chi connectivity index (χ1v) is 13.4. The van der Waals surface area contributed by atoms with Crippen LogP contribution in [0.4, 0.5) is 0 Å². The largest absolute Gasteiger partial charge is 0.0996 e. The molecule has 0 heterocycles. The van der Waals surface area contributed by atoms with Gasteiger partial charge in [0, 0.05) is 0 Å². The summed E-state index contributed by atoms with van der Waals surface area (Å²) in [5.41, 5.74) is 6.88. The van der Waals surface area contributed by atoms with E-state index in [0.717, 1.165) is 23.7 Å². The molecule has 0 aromatic rings. The van der Waals surface area contributed by atoms with Crippen LogP contribution in [-0.4, -0.2) is 0 Å². The van der Waals surface area contributed by atoms with Crippen molar-refractivity contribution in [3.63, 3.8) is 0 Å². The molecule has 170 valence electrons. The molecular formula is C30H50. The van der Waals surface area contributed by atoms with Crippen LogP contribution in [0.1, 0.15) is 119 Å². The molecule has 0 amide bonds. The van der Waals surface area contributed by atoms with Crippen LogP contribution in [0.25, 0.3) is 0 Å². The summed E-state index contributed by atoms with van der Waals surface area (Å²) in [5.74, 6) is 4.25. The second-order valence-electron chi connectivity index (χ2n) is 13.1. The minimum Gasteiger partial charge on any atom is -0.0996 e. The van der Waals surface area contributed by atoms with Crippen LogP contribution in [0.2, 0.25) is 0 Å². The van der Waals surface area contributed by atoms with E-state index in [-0.39, 0.29) is 0 Å². The summed E-state index contributed by atoms with van der Waals surface area (Å²) in [6, 6.07) is 0. The Morgan fingerprint density at radius 3 is 2.40 bits per heavy atom. The van der Waals surface area contributed by atoms with Crippen LogP contribution >= 0.6 is 0 Å². The van der Waals surface area contributed by atoms with Gasteiger partial charge >= 0.3 is 0 Å². The van der Waals surface area contributed by atoms with E-state index in [0.29, 0.717) is 22.2 Å². The molecule has 30 heavy (non-hydrogen) atoms. The van der Waals surface area contributed by atoms with E-state index in [2.05, 4.69) is 55.0 Å². The van der Waals surface area contributed by atoms with Gasteiger partial charge in [0.15, 0.2) is 0 Å². The molecule has 4 aliphatic rings. The molecule has 4 aliphatic carbocycles. The molecule has 0 heteroatoms. The highest BCUT2D eigenvalue weighted by Crippen LogP contribution is 2.71. The van der Waals surface area contributed by atoms with E-state index in [1.807, 2.05) is 11.1 Å². The van der Waals surface area contributed by atoms with E-state index in [1.54, 1.807) is 0 Å². The molecule has 0 aromatic heterocycles. The van der Waals surface area contributed by atoms with Gasteiger partial charge in [-0.25, -0.2) is 0 Å². The summed E-state index contributed by atoms with van der Waals surface area (Å²) in [7, 11) is 0. The van der Waals surface area contributed by atoms with E-state index in [4.69, 9.17) is 0 Å². The lowest BCUT2D eigenvalue weighted by atomic mass is 9.45. The Morgan fingerprint density at radius 1 is 0.967 bits per heavy atom. The number of hydrogen-bond acceptors (Lipinski definition) is 0. The molecule has 0 nitrogen and oxygen atoms in total. The first kappa shape index (κ1) is 22.7. The van der Waals surface area contributed by atoms with Crippen molar-refractivity contribution in [3.8, 4) is 0 Å². The number of rotatable bonds is 5. The van der Waals surface area contributed by atoms with E-state index in [1.165, 1.54) is 76.2 Å². The zero-order chi connectivity index (χ0) is 21.9. The summed E-state index contributed by atoms with van der Waals surface area (Å²) < 4.78 is 0. The molecule has 0 spiro atoms. The highest BCUT2D eigenvalue weighted by atomic mass is 14.7. The Kier molecular flexibility index (Phi) is 5.90. The first-order valence-electron chi connectivity index (χ1n) is 13.4. The van der Waals surface area contributed by atoms with Crippen molar-refractivity contribution in [1.82, 2.24) is 0 Å². The highest BCUT2D eigenvalue weighted by molar-refractivity contribution is 5.38. The lowest BCUT2D eigenvalue weighted by Gasteiger charge is -2.59. The lowest BCUT2D eigenvalue weighted by Crippen LogP contribution is -2.49. The fourth-order valence-corrected chi connectivity index (χ4v) is 9.24. The first-order chi connectivity index (χ1) is 14.0. The Labute approximate surface area is 188 Å². The fourth-order valence-electron chi connectivity index (χ4n) is 9.24. The zero-order valence-corrected chi connectivity index (χ0v) is 21.4. The third-order valence-corrected chi connectivity index (χ3v) is 11.6. The van der Waals surface area contributed by atoms with Gasteiger partial charge in [-0.15, -0.1) is 0 Å². The topological polar surface area (TPSA) is 0 Å². The van der Waals surface area contributed by atoms with Gasteiger partial charge < -0.3 is 0 Å². The van der Waals surface area contributed by atoms with Crippen molar-refractivity contribution in [2.24, 2.45) is 45.8 Å². The smallest absolute Gasteiger partial charge is 0.00568 e. The minimum absolute atomic E-state index is 0.462. The molecular weight excluding hydrogens is 360 g/mol. The second kappa shape index (κ2) is 7.81. The Morgan fingerprint density at radius 2 is 1.70 bits per heavy atom. The quantitative estimate of drug-likeness (QED) is 0.396. The normalized spacial score (nSPS) is 44.5. The van der Waals surface area contributed by atoms with Gasteiger partial charge in [-0.05, 0) is 104 Å². The minimum atomic E-state index is 0.462. The maximum atomic E-state index is 4.36. The van der Waals surface area contributed by atoms with Gasteiger partial charge in [0.2, 0.25) is 0 Å². The highest BCUT2D eigenvalue weighted by Gasteiger charge is 2.61. The maximum Gasteiger partial charge on any atom is -0.00568 e. The molecule has 0 radical (unpaired) electrons. The molecule has 0 aromatic carbocycles. The van der Waals surface area contributed by atoms with E-state index >= 15 is 0 Å². The molecule has 7 atom stereocenters. The van der Waals surface area contributed by atoms with Crippen LogP contribution in [0.15, 0.2) is 23.3 Å². The van der Waals surface area contributed by atoms with Gasteiger partial charge in [0.25, 0.3) is 0 Å². The van der Waals surface area contributed by atoms with Gasteiger partial charge in [0.05, 0.1) is 0 Å². The molecule has 0 aliphatic heterocycles. The average molecular weight is 411 g/mol. The lowest BCUT2D eigenvalue weighted by molar-refractivity contribution is 0.00889. The van der Waals surface area contributed by atoms with E-state index in [9.17, 15) is 0 Å². The Hall–Kier alpha value is -0.520. The number of allylic oxidation sites excluding steroid dienone is 3. The molecule has 2 fully saturated rings. The van der Waals surface area contributed by atoms with Crippen molar-refractivity contribution in [1.29, 1.82) is 0 Å². The van der Waals surface area contributed by atoms with Crippen molar-refractivity contribution in [3.05, 3.63) is 23.3 Å². The third-order valence-electron chi connectivity index (χ3n) is 11.6. The summed E-state index contributed by atoms with van der Waals surface area (Å²) in [5, 5.41) is 0. The van der Waals surface area contributed by atoms with Crippen LogP contribution in [0.3, 0.4) is 0 Å². The van der Waals surface area contributed by atoms with Gasteiger partial charge in [0.1, 0.15) is 0 Å². The Balaban J connectivity index is 1.60. The van der Waals surface area contributed by atoms with Crippen LogP contribution in [0.5, 0.6) is 0 Å². The number of hydrogen-bond donors (Lipinski definition) is 0. The van der Waals surface area contributed by atoms with Gasteiger partial charge in [-0.3, -0.25) is 0 Å². The summed E-state index contributed by atoms with van der Waals surface area (Å²) in [4.78, 5) is 0. The second-order valence-corrected chi connectivity index (χ2v) is 13.1. The standard InChI is InChI=1S/C30H50/c1-20(2)21(3)11-12-23(5)25-15-18-30(8)27-14-13-24-22(4)10-9-17-28(24,6)26(27)16-19-29(25,30)7/h20,22-25H,3,9-19H2,1-2,4-8H3/t22-,23-,24+,25-,28+,29-,30+/m1/s1. The summed E-state index contributed by atoms with van der Waals surface area (Å²) in [6.45, 7) is 22.2. The zero-order valence-electron chi connectivity index (χ0n) is 21.4. The van der Waals surface area contributed by atoms with Crippen LogP contribution < -0.4 is 0 Å². The van der Waals surface area contributed by atoms with Crippen LogP contribution in [0, 0.1) is 45.8 Å². The predicted molar refractivity (Wildman–Crippen MR) is 131 cm³/mol. The van der Waals surface area contributed by atoms with E-state index < -0.39 is 0 Å². The Bertz CT molecular complexity index is 710. The van der Waals surface area contributed by atoms with Crippen molar-refractivity contribution in [2.45, 2.75) is 119 Å². The summed E-state index contributed by atoms with van der Waals surface area (Å²) >= 11 is 0. The van der Waals surface area contributed by atoms with Crippen molar-refractivity contribution in [2.75, 3.05) is 0 Å². The monoisotopic (exact) mass is 410 g/mol. The molecule has 0 bridgehead atoms. The third kappa shape index (κ3) is 3.21. The van der Waals surface area contributed by atoms with Gasteiger partial charge in [-0.1, -0.05) is 84.6 Å². The maximum absolute atomic E-state index is 4.36. The van der Waals surface area contributed by atoms with Crippen molar-refractivity contribution >= 4 is 0 Å². The van der Waals surface area contributed by atoms with Gasteiger partial charge in [-0.2, -0.15) is 0 Å². The molecule has 0 saturated heterocycles. The molecule has 0 N–H and O–H groups in total. The predicted octanol–water partition coefficient (Wildman–Crippen LogP) is 9.36. The average Bonchev–Trinajstić information content (AvgIpc) is 2.97. The molecule has 4 rings (SSSR count).